The highest BCUT2D eigenvalue weighted by molar-refractivity contribution is 5.81. The standard InChI is InChI=1S/C10H8.C6H12O5/c1-2-6-10-8-4-3-7-9(10)5-1;1-10-6-5(9)4(8)3(2-7)11-6/h1-8H;3-9H,2H2,1H3/t;3-,4+,5-,6?/m.1/s1. The smallest absolute Gasteiger partial charge is 0.186 e. The van der Waals surface area contributed by atoms with Gasteiger partial charge < -0.3 is 24.8 Å². The van der Waals surface area contributed by atoms with Gasteiger partial charge in [-0.2, -0.15) is 0 Å². The van der Waals surface area contributed by atoms with Crippen LogP contribution in [0.4, 0.5) is 0 Å². The first kappa shape index (κ1) is 15.9. The zero-order chi connectivity index (χ0) is 15.2. The van der Waals surface area contributed by atoms with Gasteiger partial charge >= 0.3 is 0 Å². The zero-order valence-corrected chi connectivity index (χ0v) is 11.8. The largest absolute Gasteiger partial charge is 0.394 e. The molecule has 1 heterocycles. The van der Waals surface area contributed by atoms with E-state index in [1.807, 2.05) is 0 Å². The van der Waals surface area contributed by atoms with Gasteiger partial charge in [0, 0.05) is 7.11 Å². The summed E-state index contributed by atoms with van der Waals surface area (Å²) in [5.41, 5.74) is 0. The van der Waals surface area contributed by atoms with Crippen molar-refractivity contribution in [1.82, 2.24) is 0 Å². The Labute approximate surface area is 123 Å². The van der Waals surface area contributed by atoms with Gasteiger partial charge in [0.1, 0.15) is 18.3 Å². The molecule has 1 fully saturated rings. The molecule has 21 heavy (non-hydrogen) atoms. The predicted molar refractivity (Wildman–Crippen MR) is 78.7 cm³/mol. The third kappa shape index (κ3) is 3.78. The van der Waals surface area contributed by atoms with E-state index < -0.39 is 24.6 Å². The number of aliphatic hydroxyl groups excluding tert-OH is 3. The molecule has 1 aliphatic rings. The van der Waals surface area contributed by atoms with Gasteiger partial charge in [0.25, 0.3) is 0 Å². The van der Waals surface area contributed by atoms with Crippen LogP contribution in [0.3, 0.4) is 0 Å². The summed E-state index contributed by atoms with van der Waals surface area (Å²) < 4.78 is 9.59. The van der Waals surface area contributed by atoms with Crippen LogP contribution in [0.25, 0.3) is 10.8 Å². The van der Waals surface area contributed by atoms with Gasteiger partial charge in [-0.1, -0.05) is 48.5 Å². The molecule has 1 unspecified atom stereocenters. The first-order chi connectivity index (χ1) is 10.2. The Morgan fingerprint density at radius 2 is 1.43 bits per heavy atom. The quantitative estimate of drug-likeness (QED) is 0.767. The molecule has 3 rings (SSSR count). The SMILES string of the molecule is COC1O[C@H](CO)[C@H](O)[C@H]1O.c1ccc2ccccc2c1. The molecule has 5 nitrogen and oxygen atoms in total. The Balaban J connectivity index is 0.000000154. The molecule has 0 radical (unpaired) electrons. The Morgan fingerprint density at radius 3 is 1.71 bits per heavy atom. The van der Waals surface area contributed by atoms with Crippen LogP contribution in [0, 0.1) is 0 Å². The van der Waals surface area contributed by atoms with Crippen molar-refractivity contribution >= 4 is 10.8 Å². The van der Waals surface area contributed by atoms with Gasteiger partial charge in [-0.15, -0.1) is 0 Å². The Bertz CT molecular complexity index is 476. The normalized spacial score (nSPS) is 28.2. The lowest BCUT2D eigenvalue weighted by molar-refractivity contribution is -0.153. The molecule has 1 aliphatic heterocycles. The fourth-order valence-corrected chi connectivity index (χ4v) is 2.19. The second kappa shape index (κ2) is 7.49. The van der Waals surface area contributed by atoms with Gasteiger partial charge in [-0.3, -0.25) is 0 Å². The molecule has 3 N–H and O–H groups in total. The van der Waals surface area contributed by atoms with Crippen molar-refractivity contribution in [3.63, 3.8) is 0 Å². The van der Waals surface area contributed by atoms with E-state index in [1.54, 1.807) is 0 Å². The molecule has 0 aliphatic carbocycles. The van der Waals surface area contributed by atoms with E-state index >= 15 is 0 Å². The highest BCUT2D eigenvalue weighted by Gasteiger charge is 2.42. The molecule has 114 valence electrons. The minimum atomic E-state index is -1.07. The van der Waals surface area contributed by atoms with Crippen LogP contribution in [0.15, 0.2) is 48.5 Å². The minimum absolute atomic E-state index is 0.321. The fourth-order valence-electron chi connectivity index (χ4n) is 2.19. The number of hydrogen-bond acceptors (Lipinski definition) is 5. The number of aliphatic hydroxyl groups is 3. The lowest BCUT2D eigenvalue weighted by Gasteiger charge is -2.11. The molecule has 4 atom stereocenters. The van der Waals surface area contributed by atoms with E-state index in [-0.39, 0.29) is 6.61 Å². The number of methoxy groups -OCH3 is 1. The Hall–Kier alpha value is -1.50. The molecule has 0 spiro atoms. The summed E-state index contributed by atoms with van der Waals surface area (Å²) in [6.45, 7) is -0.321. The van der Waals surface area contributed by atoms with E-state index in [9.17, 15) is 0 Å². The van der Waals surface area contributed by atoms with Crippen molar-refractivity contribution in [2.45, 2.75) is 24.6 Å². The number of fused-ring (bicyclic) bond motifs is 1. The van der Waals surface area contributed by atoms with Gasteiger partial charge in [-0.25, -0.2) is 0 Å². The van der Waals surface area contributed by atoms with Gasteiger partial charge in [0.05, 0.1) is 6.61 Å². The monoisotopic (exact) mass is 292 g/mol. The maximum atomic E-state index is 9.15. The molecule has 5 heteroatoms. The van der Waals surface area contributed by atoms with Crippen molar-refractivity contribution in [2.75, 3.05) is 13.7 Å². The van der Waals surface area contributed by atoms with Crippen molar-refractivity contribution in [1.29, 1.82) is 0 Å². The molecular formula is C16H20O5. The first-order valence-corrected chi connectivity index (χ1v) is 6.76. The van der Waals surface area contributed by atoms with Crippen molar-refractivity contribution in [2.24, 2.45) is 0 Å². The molecule has 0 bridgehead atoms. The molecule has 2 aromatic carbocycles. The molecule has 0 aromatic heterocycles. The second-order valence-electron chi connectivity index (χ2n) is 4.79. The average molecular weight is 292 g/mol. The summed E-state index contributed by atoms with van der Waals surface area (Å²) in [6.07, 6.45) is -3.71. The summed E-state index contributed by atoms with van der Waals surface area (Å²) in [7, 11) is 1.36. The van der Waals surface area contributed by atoms with Gasteiger partial charge in [0.15, 0.2) is 6.29 Å². The van der Waals surface area contributed by atoms with Crippen LogP contribution >= 0.6 is 0 Å². The maximum absolute atomic E-state index is 9.15. The van der Waals surface area contributed by atoms with Crippen molar-refractivity contribution in [3.8, 4) is 0 Å². The summed E-state index contributed by atoms with van der Waals surface area (Å²) >= 11 is 0. The second-order valence-corrected chi connectivity index (χ2v) is 4.79. The molecule has 2 aromatic rings. The van der Waals surface area contributed by atoms with E-state index in [2.05, 4.69) is 53.3 Å². The summed E-state index contributed by atoms with van der Waals surface area (Å²) in [4.78, 5) is 0. The average Bonchev–Trinajstić information content (AvgIpc) is 2.83. The Kier molecular flexibility index (Phi) is 5.67. The number of rotatable bonds is 2. The van der Waals surface area contributed by atoms with Crippen LogP contribution in [0.1, 0.15) is 0 Å². The summed E-state index contributed by atoms with van der Waals surface area (Å²) in [5.74, 6) is 0. The highest BCUT2D eigenvalue weighted by Crippen LogP contribution is 2.20. The number of benzene rings is 2. The van der Waals surface area contributed by atoms with E-state index in [0.717, 1.165) is 0 Å². The van der Waals surface area contributed by atoms with Crippen LogP contribution in [0.5, 0.6) is 0 Å². The number of ether oxygens (including phenoxy) is 2. The van der Waals surface area contributed by atoms with Gasteiger partial charge in [-0.05, 0) is 10.8 Å². The third-order valence-electron chi connectivity index (χ3n) is 3.39. The van der Waals surface area contributed by atoms with Crippen molar-refractivity contribution < 1.29 is 24.8 Å². The summed E-state index contributed by atoms with van der Waals surface area (Å²) in [6, 6.07) is 16.7. The third-order valence-corrected chi connectivity index (χ3v) is 3.39. The zero-order valence-electron chi connectivity index (χ0n) is 11.8. The van der Waals surface area contributed by atoms with E-state index in [4.69, 9.17) is 20.1 Å². The van der Waals surface area contributed by atoms with Crippen LogP contribution in [-0.4, -0.2) is 53.6 Å². The lowest BCUT2D eigenvalue weighted by atomic mass is 10.1. The molecule has 0 amide bonds. The molecular weight excluding hydrogens is 272 g/mol. The summed E-state index contributed by atoms with van der Waals surface area (Å²) in [5, 5.41) is 29.5. The molecule has 1 saturated heterocycles. The molecule has 0 saturated carbocycles. The van der Waals surface area contributed by atoms with E-state index in [0.29, 0.717) is 0 Å². The van der Waals surface area contributed by atoms with E-state index in [1.165, 1.54) is 17.9 Å². The predicted octanol–water partition coefficient (Wildman–Crippen LogP) is 0.912. The highest BCUT2D eigenvalue weighted by atomic mass is 16.7. The number of hydrogen-bond donors (Lipinski definition) is 3. The van der Waals surface area contributed by atoms with Crippen molar-refractivity contribution in [3.05, 3.63) is 48.5 Å². The van der Waals surface area contributed by atoms with Crippen LogP contribution in [-0.2, 0) is 9.47 Å². The van der Waals surface area contributed by atoms with Gasteiger partial charge in [0.2, 0.25) is 0 Å². The Morgan fingerprint density at radius 1 is 0.952 bits per heavy atom. The van der Waals surface area contributed by atoms with Crippen LogP contribution < -0.4 is 0 Å². The lowest BCUT2D eigenvalue weighted by Crippen LogP contribution is -2.34. The first-order valence-electron chi connectivity index (χ1n) is 6.76. The van der Waals surface area contributed by atoms with Crippen LogP contribution in [0.2, 0.25) is 0 Å². The minimum Gasteiger partial charge on any atom is -0.394 e. The fraction of sp³-hybridized carbons (Fsp3) is 0.375. The topological polar surface area (TPSA) is 79.2 Å². The maximum Gasteiger partial charge on any atom is 0.186 e.